The zero-order valence-corrected chi connectivity index (χ0v) is 38.6. The highest BCUT2D eigenvalue weighted by molar-refractivity contribution is 5.96. The number of ketones is 1. The molecule has 0 spiro atoms. The van der Waals surface area contributed by atoms with Gasteiger partial charge in [0.1, 0.15) is 18.6 Å². The average Bonchev–Trinajstić information content (AvgIpc) is 4.08. The number of carbonyl (C=O) groups excluding carboxylic acids is 6. The summed E-state index contributed by atoms with van der Waals surface area (Å²) in [5, 5.41) is 14.3. The van der Waals surface area contributed by atoms with E-state index in [0.29, 0.717) is 55.2 Å². The van der Waals surface area contributed by atoms with E-state index in [4.69, 9.17) is 9.72 Å². The van der Waals surface area contributed by atoms with Crippen molar-refractivity contribution in [2.45, 2.75) is 119 Å². The summed E-state index contributed by atoms with van der Waals surface area (Å²) in [6, 6.07) is 9.21. The van der Waals surface area contributed by atoms with E-state index in [2.05, 4.69) is 60.4 Å². The van der Waals surface area contributed by atoms with Crippen molar-refractivity contribution in [2.24, 2.45) is 17.3 Å². The SMILES string of the molecule is CCC(C)Cc1c(/C(C)=C/C(=C(/C)C(C)=O)C(C)CC)nc2cc(F)c(C)c3c2c1C(NC(=O)C1(COCNC(=O)CNC(=O)C(Cc2ccccc2)NC(=O)CNC=O)CC1)CC3. The van der Waals surface area contributed by atoms with Crippen LogP contribution in [0.4, 0.5) is 4.39 Å². The predicted molar refractivity (Wildman–Crippen MR) is 245 cm³/mol. The van der Waals surface area contributed by atoms with Gasteiger partial charge in [0.2, 0.25) is 30.0 Å². The molecule has 2 aliphatic carbocycles. The van der Waals surface area contributed by atoms with Gasteiger partial charge in [-0.25, -0.2) is 9.37 Å². The number of carbonyl (C=O) groups is 6. The van der Waals surface area contributed by atoms with Gasteiger partial charge < -0.3 is 31.3 Å². The highest BCUT2D eigenvalue weighted by Crippen LogP contribution is 2.48. The van der Waals surface area contributed by atoms with Crippen LogP contribution in [-0.2, 0) is 52.8 Å². The maximum Gasteiger partial charge on any atom is 0.243 e. The van der Waals surface area contributed by atoms with Crippen LogP contribution in [0.25, 0.3) is 16.5 Å². The molecule has 13 nitrogen and oxygen atoms in total. The molecule has 0 bridgehead atoms. The van der Waals surface area contributed by atoms with Crippen molar-refractivity contribution in [1.29, 1.82) is 0 Å². The number of rotatable bonds is 23. The molecule has 1 aromatic heterocycles. The van der Waals surface area contributed by atoms with Crippen molar-refractivity contribution in [3.63, 3.8) is 0 Å². The third-order valence-corrected chi connectivity index (χ3v) is 13.0. The Morgan fingerprint density at radius 3 is 2.33 bits per heavy atom. The fourth-order valence-corrected chi connectivity index (χ4v) is 8.36. The van der Waals surface area contributed by atoms with Gasteiger partial charge in [-0.1, -0.05) is 70.5 Å². The van der Waals surface area contributed by atoms with E-state index >= 15 is 4.39 Å². The van der Waals surface area contributed by atoms with Gasteiger partial charge in [0, 0.05) is 17.9 Å². The molecule has 4 unspecified atom stereocenters. The maximum absolute atomic E-state index is 15.6. The van der Waals surface area contributed by atoms with Gasteiger partial charge >= 0.3 is 0 Å². The second-order valence-corrected chi connectivity index (χ2v) is 17.7. The van der Waals surface area contributed by atoms with Crippen LogP contribution in [0.15, 0.2) is 53.6 Å². The highest BCUT2D eigenvalue weighted by atomic mass is 19.1. The lowest BCUT2D eigenvalue weighted by Crippen LogP contribution is -2.51. The van der Waals surface area contributed by atoms with Crippen molar-refractivity contribution < 1.29 is 37.9 Å². The molecule has 5 rings (SSSR count). The normalized spacial score (nSPS) is 17.0. The molecule has 64 heavy (non-hydrogen) atoms. The first-order chi connectivity index (χ1) is 30.5. The number of allylic oxidation sites excluding steroid dienone is 4. The monoisotopic (exact) mass is 880 g/mol. The third-order valence-electron chi connectivity index (χ3n) is 13.0. The number of hydrogen-bond acceptors (Lipinski definition) is 8. The standard InChI is InChI=1S/C50H65FN6O7/c1-9-29(3)20-38-46-40(17-16-36-33(7)39(51)23-41(45(36)46)56-47(38)31(5)21-37(30(4)10-2)32(6)34(8)59)57-49(63)50(18-19-50)26-64-28-54-43(60)25-53-48(62)42(55-44(61)24-52-27-58)22-35-14-12-11-13-15-35/h11-15,21,23,27,29-30,40,42H,9-10,16-20,22,24-26,28H2,1-8H3,(H,52,58)(H,53,62)(H,54,60)(H,55,61)(H,57,63)/b31-21+,37-32+. The number of hydrogen-bond donors (Lipinski definition) is 5. The Balaban J connectivity index is 1.31. The Labute approximate surface area is 376 Å². The molecule has 0 aliphatic heterocycles. The van der Waals surface area contributed by atoms with Crippen molar-refractivity contribution in [2.75, 3.05) is 26.4 Å². The molecule has 0 radical (unpaired) electrons. The van der Waals surface area contributed by atoms with Gasteiger partial charge in [-0.2, -0.15) is 0 Å². The largest absolute Gasteiger partial charge is 0.360 e. The zero-order chi connectivity index (χ0) is 46.7. The fraction of sp³-hybridized carbons (Fsp3) is 0.500. The van der Waals surface area contributed by atoms with E-state index in [-0.39, 0.29) is 68.2 Å². The molecule has 3 aromatic rings. The van der Waals surface area contributed by atoms with Crippen molar-refractivity contribution >= 4 is 52.3 Å². The number of benzene rings is 2. The summed E-state index contributed by atoms with van der Waals surface area (Å²) in [5.74, 6) is -1.71. The number of nitrogens with one attached hydrogen (secondary N) is 5. The maximum atomic E-state index is 15.6. The van der Waals surface area contributed by atoms with Gasteiger partial charge in [0.05, 0.1) is 42.4 Å². The summed E-state index contributed by atoms with van der Waals surface area (Å²) in [7, 11) is 0. The minimum atomic E-state index is -0.994. The number of Topliss-reactive ketones (excluding diaryl/α,β-unsaturated/α-hetero) is 1. The van der Waals surface area contributed by atoms with Crippen molar-refractivity contribution in [1.82, 2.24) is 31.6 Å². The quantitative estimate of drug-likeness (QED) is 0.0246. The van der Waals surface area contributed by atoms with Crippen LogP contribution in [0.2, 0.25) is 0 Å². The molecule has 4 atom stereocenters. The molecule has 2 aromatic carbocycles. The number of pyridine rings is 1. The Hall–Kier alpha value is -5.76. The molecule has 1 saturated carbocycles. The topological polar surface area (TPSA) is 185 Å². The first-order valence-electron chi connectivity index (χ1n) is 22.5. The minimum Gasteiger partial charge on any atom is -0.360 e. The van der Waals surface area contributed by atoms with E-state index in [1.54, 1.807) is 13.8 Å². The van der Waals surface area contributed by atoms with Gasteiger partial charge in [-0.3, -0.25) is 28.8 Å². The highest BCUT2D eigenvalue weighted by Gasteiger charge is 2.51. The number of amides is 5. The molecule has 1 heterocycles. The molecular weight excluding hydrogens is 816 g/mol. The second kappa shape index (κ2) is 22.2. The smallest absolute Gasteiger partial charge is 0.243 e. The van der Waals surface area contributed by atoms with Crippen LogP contribution in [0.5, 0.6) is 0 Å². The first-order valence-corrected chi connectivity index (χ1v) is 22.5. The second-order valence-electron chi connectivity index (χ2n) is 17.7. The van der Waals surface area contributed by atoms with Crippen LogP contribution in [0, 0.1) is 30.0 Å². The average molecular weight is 881 g/mol. The van der Waals surface area contributed by atoms with Gasteiger partial charge in [-0.05, 0) is 123 Å². The predicted octanol–water partition coefficient (Wildman–Crippen LogP) is 6.19. The van der Waals surface area contributed by atoms with Crippen molar-refractivity contribution in [3.8, 4) is 0 Å². The molecular formula is C50H65FN6O7. The summed E-state index contributed by atoms with van der Waals surface area (Å²) >= 11 is 0. The van der Waals surface area contributed by atoms with E-state index in [1.807, 2.05) is 44.2 Å². The molecule has 1 fully saturated rings. The number of halogens is 1. The Bertz CT molecular complexity index is 2300. The van der Waals surface area contributed by atoms with Crippen molar-refractivity contribution in [3.05, 3.63) is 92.9 Å². The Kier molecular flexibility index (Phi) is 17.1. The zero-order valence-electron chi connectivity index (χ0n) is 38.6. The lowest BCUT2D eigenvalue weighted by molar-refractivity contribution is -0.131. The summed E-state index contributed by atoms with van der Waals surface area (Å²) in [4.78, 5) is 80.9. The van der Waals surface area contributed by atoms with Crippen LogP contribution in [0.1, 0.15) is 120 Å². The van der Waals surface area contributed by atoms with Crippen LogP contribution >= 0.6 is 0 Å². The van der Waals surface area contributed by atoms with Gasteiger partial charge in [-0.15, -0.1) is 0 Å². The Morgan fingerprint density at radius 2 is 1.69 bits per heavy atom. The molecule has 344 valence electrons. The molecule has 14 heteroatoms. The lowest BCUT2D eigenvalue weighted by Gasteiger charge is -2.33. The lowest BCUT2D eigenvalue weighted by atomic mass is 9.78. The summed E-state index contributed by atoms with van der Waals surface area (Å²) in [5.41, 5.74) is 7.31. The Morgan fingerprint density at radius 1 is 0.969 bits per heavy atom. The first kappa shape index (κ1) is 49.3. The van der Waals surface area contributed by atoms with E-state index in [1.165, 1.54) is 6.07 Å². The molecule has 0 saturated heterocycles. The van der Waals surface area contributed by atoms with Crippen LogP contribution in [0.3, 0.4) is 0 Å². The number of nitrogens with zero attached hydrogens (tertiary/aromatic N) is 1. The molecule has 5 amide bonds. The van der Waals surface area contributed by atoms with E-state index in [9.17, 15) is 28.8 Å². The summed E-state index contributed by atoms with van der Waals surface area (Å²) in [6.07, 6.45) is 7.43. The number of aryl methyl sites for hydroxylation is 1. The van der Waals surface area contributed by atoms with Gasteiger partial charge in [0.15, 0.2) is 5.78 Å². The number of aromatic nitrogens is 1. The van der Waals surface area contributed by atoms with E-state index in [0.717, 1.165) is 57.3 Å². The molecule has 5 N–H and O–H groups in total. The summed E-state index contributed by atoms with van der Waals surface area (Å²) in [6.45, 7) is 15.0. The van der Waals surface area contributed by atoms with Crippen LogP contribution in [-0.4, -0.2) is 73.3 Å². The fourth-order valence-electron chi connectivity index (χ4n) is 8.36. The third kappa shape index (κ3) is 12.1. The van der Waals surface area contributed by atoms with Crippen LogP contribution < -0.4 is 26.6 Å². The van der Waals surface area contributed by atoms with Gasteiger partial charge in [0.25, 0.3) is 0 Å². The molecule has 2 aliphatic rings. The number of ether oxygens (including phenoxy) is 1. The van der Waals surface area contributed by atoms with E-state index < -0.39 is 29.2 Å². The summed E-state index contributed by atoms with van der Waals surface area (Å²) < 4.78 is 21.4. The minimum absolute atomic E-state index is 0.00807.